The Bertz CT molecular complexity index is 950. The molecular formula is C24H18O. The molecule has 0 saturated heterocycles. The van der Waals surface area contributed by atoms with Crippen LogP contribution >= 0.6 is 0 Å². The normalized spacial score (nSPS) is 19.9. The van der Waals surface area contributed by atoms with Crippen LogP contribution in [0.3, 0.4) is 0 Å². The van der Waals surface area contributed by atoms with Crippen molar-refractivity contribution in [3.8, 4) is 0 Å². The quantitative estimate of drug-likeness (QED) is 0.586. The van der Waals surface area contributed by atoms with Crippen molar-refractivity contribution in [1.29, 1.82) is 0 Å². The molecule has 0 radical (unpaired) electrons. The molecule has 1 nitrogen and oxygen atoms in total. The second-order valence-electron chi connectivity index (χ2n) is 6.16. The van der Waals surface area contributed by atoms with Gasteiger partial charge in [0, 0.05) is 11.5 Å². The van der Waals surface area contributed by atoms with Crippen molar-refractivity contribution >= 4 is 17.4 Å². The fourth-order valence-electron chi connectivity index (χ4n) is 3.32. The molecule has 0 aromatic heterocycles. The average Bonchev–Trinajstić information content (AvgIpc) is 2.67. The lowest BCUT2D eigenvalue weighted by Crippen LogP contribution is -2.07. The first-order valence-electron chi connectivity index (χ1n) is 8.46. The molecule has 1 heteroatoms. The Morgan fingerprint density at radius 1 is 0.680 bits per heavy atom. The van der Waals surface area contributed by atoms with Crippen LogP contribution in [0.25, 0.3) is 11.6 Å². The van der Waals surface area contributed by atoms with Crippen LogP contribution in [0.15, 0.2) is 97.1 Å². The van der Waals surface area contributed by atoms with E-state index in [1.165, 1.54) is 5.56 Å². The van der Waals surface area contributed by atoms with Crippen molar-refractivity contribution in [2.24, 2.45) is 0 Å². The highest BCUT2D eigenvalue weighted by molar-refractivity contribution is 6.11. The van der Waals surface area contributed by atoms with E-state index >= 15 is 0 Å². The highest BCUT2D eigenvalue weighted by Gasteiger charge is 2.20. The fourth-order valence-corrected chi connectivity index (χ4v) is 3.32. The predicted molar refractivity (Wildman–Crippen MR) is 103 cm³/mol. The first kappa shape index (κ1) is 15.3. The van der Waals surface area contributed by atoms with Gasteiger partial charge in [0.15, 0.2) is 5.78 Å². The smallest absolute Gasteiger partial charge is 0.186 e. The van der Waals surface area contributed by atoms with Crippen LogP contribution in [-0.2, 0) is 0 Å². The van der Waals surface area contributed by atoms with E-state index in [2.05, 4.69) is 36.4 Å². The van der Waals surface area contributed by atoms with Gasteiger partial charge in [0.05, 0.1) is 0 Å². The molecule has 0 amide bonds. The van der Waals surface area contributed by atoms with Gasteiger partial charge in [-0.1, -0.05) is 97.1 Å². The second kappa shape index (κ2) is 6.74. The van der Waals surface area contributed by atoms with E-state index in [4.69, 9.17) is 0 Å². The van der Waals surface area contributed by atoms with Crippen LogP contribution in [0.4, 0.5) is 0 Å². The van der Waals surface area contributed by atoms with Crippen LogP contribution in [-0.4, -0.2) is 5.78 Å². The summed E-state index contributed by atoms with van der Waals surface area (Å²) >= 11 is 0. The lowest BCUT2D eigenvalue weighted by molar-refractivity contribution is 0.104. The number of hydrogen-bond acceptors (Lipinski definition) is 1. The zero-order valence-corrected chi connectivity index (χ0v) is 13.8. The van der Waals surface area contributed by atoms with Crippen molar-refractivity contribution in [1.82, 2.24) is 0 Å². The third kappa shape index (κ3) is 3.09. The third-order valence-electron chi connectivity index (χ3n) is 4.58. The summed E-state index contributed by atoms with van der Waals surface area (Å²) < 4.78 is 0. The minimum Gasteiger partial charge on any atom is -0.289 e. The molecule has 0 saturated carbocycles. The van der Waals surface area contributed by atoms with Gasteiger partial charge in [0.1, 0.15) is 0 Å². The van der Waals surface area contributed by atoms with Crippen molar-refractivity contribution in [2.75, 3.05) is 0 Å². The average molecular weight is 322 g/mol. The molecule has 1 unspecified atom stereocenters. The number of hydrogen-bond donors (Lipinski definition) is 0. The monoisotopic (exact) mass is 322 g/mol. The van der Waals surface area contributed by atoms with Crippen LogP contribution in [0.2, 0.25) is 0 Å². The minimum atomic E-state index is 0.0425. The summed E-state index contributed by atoms with van der Waals surface area (Å²) in [5.74, 6) is 0.0978. The van der Waals surface area contributed by atoms with Crippen molar-refractivity contribution in [3.05, 3.63) is 119 Å². The molecule has 4 rings (SSSR count). The van der Waals surface area contributed by atoms with E-state index in [9.17, 15) is 4.79 Å². The maximum Gasteiger partial charge on any atom is 0.186 e. The number of rotatable bonds is 2. The largest absolute Gasteiger partial charge is 0.289 e. The Morgan fingerprint density at radius 3 is 2.08 bits per heavy atom. The summed E-state index contributed by atoms with van der Waals surface area (Å²) in [6, 6.07) is 28.3. The van der Waals surface area contributed by atoms with Gasteiger partial charge in [-0.3, -0.25) is 4.79 Å². The molecule has 1 aliphatic rings. The summed E-state index contributed by atoms with van der Waals surface area (Å²) in [4.78, 5) is 12.9. The summed E-state index contributed by atoms with van der Waals surface area (Å²) in [6.07, 6.45) is 6.07. The molecule has 0 fully saturated rings. The van der Waals surface area contributed by atoms with E-state index in [1.54, 1.807) is 6.08 Å². The highest BCUT2D eigenvalue weighted by Crippen LogP contribution is 2.36. The predicted octanol–water partition coefficient (Wildman–Crippen LogP) is 5.76. The lowest BCUT2D eigenvalue weighted by atomic mass is 9.83. The number of carbonyl (C=O) groups is 1. The van der Waals surface area contributed by atoms with Crippen molar-refractivity contribution < 1.29 is 4.79 Å². The van der Waals surface area contributed by atoms with Gasteiger partial charge < -0.3 is 0 Å². The van der Waals surface area contributed by atoms with E-state index in [-0.39, 0.29) is 11.7 Å². The number of ketones is 1. The fraction of sp³-hybridized carbons (Fsp3) is 0.0417. The molecular weight excluding hydrogens is 304 g/mol. The Kier molecular flexibility index (Phi) is 4.14. The summed E-state index contributed by atoms with van der Waals surface area (Å²) in [6.45, 7) is 0. The molecule has 0 spiro atoms. The second-order valence-corrected chi connectivity index (χ2v) is 6.16. The van der Waals surface area contributed by atoms with Crippen LogP contribution in [0.5, 0.6) is 0 Å². The molecule has 0 N–H and O–H groups in total. The Balaban J connectivity index is 1.92. The number of fused-ring (bicyclic) bond motifs is 1. The maximum atomic E-state index is 12.9. The van der Waals surface area contributed by atoms with E-state index in [0.29, 0.717) is 0 Å². The molecule has 0 bridgehead atoms. The van der Waals surface area contributed by atoms with Gasteiger partial charge >= 0.3 is 0 Å². The number of carbonyl (C=O) groups excluding carboxylic acids is 1. The SMILES string of the molecule is O=C1/C=C(/c2ccccc2)C(c2ccccc2)/C=C\c2ccccc21. The Morgan fingerprint density at radius 2 is 1.32 bits per heavy atom. The van der Waals surface area contributed by atoms with Gasteiger partial charge in [-0.2, -0.15) is 0 Å². The highest BCUT2D eigenvalue weighted by atomic mass is 16.1. The van der Waals surface area contributed by atoms with Crippen LogP contribution in [0.1, 0.15) is 33.0 Å². The Hall–Kier alpha value is -3.19. The Labute approximate surface area is 148 Å². The van der Waals surface area contributed by atoms with Gasteiger partial charge in [-0.05, 0) is 28.3 Å². The van der Waals surface area contributed by atoms with Crippen LogP contribution < -0.4 is 0 Å². The molecule has 1 aliphatic carbocycles. The topological polar surface area (TPSA) is 17.1 Å². The van der Waals surface area contributed by atoms with Crippen molar-refractivity contribution in [2.45, 2.75) is 5.92 Å². The molecule has 25 heavy (non-hydrogen) atoms. The van der Waals surface area contributed by atoms with Gasteiger partial charge in [-0.15, -0.1) is 0 Å². The van der Waals surface area contributed by atoms with Crippen LogP contribution in [0, 0.1) is 0 Å². The van der Waals surface area contributed by atoms with Gasteiger partial charge in [0.2, 0.25) is 0 Å². The zero-order chi connectivity index (χ0) is 17.1. The summed E-state index contributed by atoms with van der Waals surface area (Å²) in [5, 5.41) is 0. The first-order chi connectivity index (χ1) is 12.3. The van der Waals surface area contributed by atoms with Gasteiger partial charge in [-0.25, -0.2) is 0 Å². The molecule has 0 heterocycles. The van der Waals surface area contributed by atoms with Gasteiger partial charge in [0.25, 0.3) is 0 Å². The maximum absolute atomic E-state index is 12.9. The van der Waals surface area contributed by atoms with Crippen molar-refractivity contribution in [3.63, 3.8) is 0 Å². The molecule has 1 atom stereocenters. The molecule has 0 aliphatic heterocycles. The number of allylic oxidation sites excluding steroid dienone is 3. The zero-order valence-electron chi connectivity index (χ0n) is 13.8. The van der Waals surface area contributed by atoms with E-state index in [0.717, 1.165) is 22.3 Å². The standard InChI is InChI=1S/C24H18O/c25-24-17-23(19-11-5-2-6-12-19)21(18-9-3-1-4-10-18)16-15-20-13-7-8-14-22(20)24/h1-17,21H/b16-15-,23-17-. The first-order valence-corrected chi connectivity index (χ1v) is 8.46. The van der Waals surface area contributed by atoms with E-state index < -0.39 is 0 Å². The molecule has 120 valence electrons. The van der Waals surface area contributed by atoms with E-state index in [1.807, 2.05) is 60.7 Å². The number of benzene rings is 3. The third-order valence-corrected chi connectivity index (χ3v) is 4.58. The molecule has 3 aromatic rings. The summed E-state index contributed by atoms with van der Waals surface area (Å²) in [7, 11) is 0. The lowest BCUT2D eigenvalue weighted by Gasteiger charge is -2.20. The molecule has 3 aromatic carbocycles. The minimum absolute atomic E-state index is 0.0425. The summed E-state index contributed by atoms with van der Waals surface area (Å²) in [5.41, 5.74) is 5.01.